The van der Waals surface area contributed by atoms with Crippen LogP contribution in [0.15, 0.2) is 27.7 Å². The van der Waals surface area contributed by atoms with Crippen LogP contribution in [0.4, 0.5) is 5.95 Å². The lowest BCUT2D eigenvalue weighted by atomic mass is 10.5. The molecule has 98 valence electrons. The SMILES string of the molecule is Nc1nc(SCCn2cnc3ccsc3c2=O)n[nH]1. The molecular weight excluding hydrogens is 284 g/mol. The quantitative estimate of drug-likeness (QED) is 0.695. The molecule has 0 unspecified atom stereocenters. The lowest BCUT2D eigenvalue weighted by Gasteiger charge is -2.03. The number of nitrogens with two attached hydrogens (primary N) is 1. The summed E-state index contributed by atoms with van der Waals surface area (Å²) in [7, 11) is 0. The number of thiophene rings is 1. The van der Waals surface area contributed by atoms with Crippen LogP contribution in [0.5, 0.6) is 0 Å². The number of hydrogen-bond acceptors (Lipinski definition) is 7. The minimum Gasteiger partial charge on any atom is -0.368 e. The van der Waals surface area contributed by atoms with Crippen LogP contribution in [-0.4, -0.2) is 30.5 Å². The van der Waals surface area contributed by atoms with Crippen molar-refractivity contribution >= 4 is 39.3 Å². The van der Waals surface area contributed by atoms with Crippen molar-refractivity contribution < 1.29 is 0 Å². The first-order chi connectivity index (χ1) is 9.24. The lowest BCUT2D eigenvalue weighted by Crippen LogP contribution is -2.20. The van der Waals surface area contributed by atoms with Crippen molar-refractivity contribution in [1.29, 1.82) is 0 Å². The third kappa shape index (κ3) is 2.47. The number of anilines is 1. The van der Waals surface area contributed by atoms with E-state index in [1.54, 1.807) is 10.9 Å². The molecule has 3 rings (SSSR count). The average molecular weight is 294 g/mol. The third-order valence-corrected chi connectivity index (χ3v) is 4.20. The molecule has 7 nitrogen and oxygen atoms in total. The summed E-state index contributed by atoms with van der Waals surface area (Å²) in [6, 6.07) is 1.84. The van der Waals surface area contributed by atoms with E-state index in [0.29, 0.717) is 28.1 Å². The minimum atomic E-state index is -0.00454. The van der Waals surface area contributed by atoms with E-state index >= 15 is 0 Å². The molecule has 0 saturated heterocycles. The topological polar surface area (TPSA) is 102 Å². The fourth-order valence-corrected chi connectivity index (χ4v) is 3.13. The summed E-state index contributed by atoms with van der Waals surface area (Å²) >= 11 is 2.85. The van der Waals surface area contributed by atoms with E-state index in [2.05, 4.69) is 20.2 Å². The molecule has 9 heteroatoms. The predicted octanol–water partition coefficient (Wildman–Crippen LogP) is 0.951. The zero-order valence-corrected chi connectivity index (χ0v) is 11.4. The fourth-order valence-electron chi connectivity index (χ4n) is 1.60. The van der Waals surface area contributed by atoms with Gasteiger partial charge in [-0.15, -0.1) is 16.4 Å². The van der Waals surface area contributed by atoms with Crippen LogP contribution >= 0.6 is 23.1 Å². The first kappa shape index (κ1) is 12.2. The van der Waals surface area contributed by atoms with E-state index < -0.39 is 0 Å². The summed E-state index contributed by atoms with van der Waals surface area (Å²) in [5, 5.41) is 8.93. The third-order valence-electron chi connectivity index (χ3n) is 2.48. The molecule has 0 radical (unpaired) electrons. The van der Waals surface area contributed by atoms with Crippen molar-refractivity contribution in [2.45, 2.75) is 11.7 Å². The normalized spacial score (nSPS) is 11.2. The standard InChI is InChI=1S/C10H10N6OS2/c11-9-13-10(15-14-9)19-4-2-16-5-12-6-1-3-18-7(6)8(16)17/h1,3,5H,2,4H2,(H3,11,13,14,15). The molecule has 0 aliphatic rings. The number of H-pyrrole nitrogens is 1. The Labute approximate surface area is 115 Å². The van der Waals surface area contributed by atoms with Crippen LogP contribution in [0, 0.1) is 0 Å². The number of aryl methyl sites for hydroxylation is 1. The number of nitrogen functional groups attached to an aromatic ring is 1. The molecule has 0 bridgehead atoms. The highest BCUT2D eigenvalue weighted by atomic mass is 32.2. The van der Waals surface area contributed by atoms with Gasteiger partial charge in [0.2, 0.25) is 11.1 Å². The molecule has 0 fully saturated rings. The largest absolute Gasteiger partial charge is 0.368 e. The smallest absolute Gasteiger partial charge is 0.271 e. The summed E-state index contributed by atoms with van der Waals surface area (Å²) in [6.07, 6.45) is 1.57. The summed E-state index contributed by atoms with van der Waals surface area (Å²) < 4.78 is 2.29. The van der Waals surface area contributed by atoms with E-state index in [1.165, 1.54) is 23.1 Å². The number of aromatic nitrogens is 5. The van der Waals surface area contributed by atoms with E-state index in [4.69, 9.17) is 5.73 Å². The van der Waals surface area contributed by atoms with E-state index in [-0.39, 0.29) is 5.56 Å². The number of hydrogen-bond donors (Lipinski definition) is 2. The van der Waals surface area contributed by atoms with Crippen molar-refractivity contribution in [1.82, 2.24) is 24.7 Å². The number of thioether (sulfide) groups is 1. The van der Waals surface area contributed by atoms with Crippen LogP contribution in [0.2, 0.25) is 0 Å². The highest BCUT2D eigenvalue weighted by molar-refractivity contribution is 7.99. The van der Waals surface area contributed by atoms with Gasteiger partial charge in [-0.25, -0.2) is 10.1 Å². The molecule has 0 aliphatic carbocycles. The van der Waals surface area contributed by atoms with Gasteiger partial charge in [-0.2, -0.15) is 4.98 Å². The first-order valence-electron chi connectivity index (χ1n) is 5.47. The molecule has 3 aromatic rings. The van der Waals surface area contributed by atoms with E-state index in [1.807, 2.05) is 11.4 Å². The number of nitrogens with one attached hydrogen (secondary N) is 1. The van der Waals surface area contributed by atoms with Crippen molar-refractivity contribution in [2.75, 3.05) is 11.5 Å². The minimum absolute atomic E-state index is 0.00454. The summed E-state index contributed by atoms with van der Waals surface area (Å²) in [6.45, 7) is 0.554. The second kappa shape index (κ2) is 5.02. The molecule has 0 atom stereocenters. The number of nitrogens with zero attached hydrogens (tertiary/aromatic N) is 4. The Balaban J connectivity index is 1.71. The van der Waals surface area contributed by atoms with Crippen molar-refractivity contribution in [2.24, 2.45) is 0 Å². The highest BCUT2D eigenvalue weighted by Gasteiger charge is 2.06. The maximum Gasteiger partial charge on any atom is 0.271 e. The van der Waals surface area contributed by atoms with Crippen LogP contribution in [0.25, 0.3) is 10.2 Å². The van der Waals surface area contributed by atoms with Crippen LogP contribution in [-0.2, 0) is 6.54 Å². The molecule has 0 amide bonds. The fraction of sp³-hybridized carbons (Fsp3) is 0.200. The number of aromatic amines is 1. The maximum atomic E-state index is 12.1. The summed E-state index contributed by atoms with van der Waals surface area (Å²) in [5.41, 5.74) is 6.18. The highest BCUT2D eigenvalue weighted by Crippen LogP contribution is 2.15. The summed E-state index contributed by atoms with van der Waals surface area (Å²) in [5.74, 6) is 0.969. The lowest BCUT2D eigenvalue weighted by molar-refractivity contribution is 0.725. The zero-order chi connectivity index (χ0) is 13.2. The zero-order valence-electron chi connectivity index (χ0n) is 9.74. The van der Waals surface area contributed by atoms with Crippen molar-refractivity contribution in [3.8, 4) is 0 Å². The van der Waals surface area contributed by atoms with Gasteiger partial charge >= 0.3 is 0 Å². The van der Waals surface area contributed by atoms with Gasteiger partial charge in [0.1, 0.15) is 4.70 Å². The molecule has 3 aromatic heterocycles. The molecule has 3 heterocycles. The predicted molar refractivity (Wildman–Crippen MR) is 75.4 cm³/mol. The van der Waals surface area contributed by atoms with Crippen LogP contribution in [0.3, 0.4) is 0 Å². The molecule has 19 heavy (non-hydrogen) atoms. The van der Waals surface area contributed by atoms with Crippen LogP contribution < -0.4 is 11.3 Å². The Kier molecular flexibility index (Phi) is 3.22. The average Bonchev–Trinajstić information content (AvgIpc) is 3.01. The Morgan fingerprint density at radius 3 is 3.21 bits per heavy atom. The molecule has 0 spiro atoms. The van der Waals surface area contributed by atoms with Gasteiger partial charge in [-0.1, -0.05) is 11.8 Å². The maximum absolute atomic E-state index is 12.1. The van der Waals surface area contributed by atoms with Gasteiger partial charge in [-0.3, -0.25) is 9.36 Å². The molecule has 0 saturated carbocycles. The molecule has 3 N–H and O–H groups in total. The van der Waals surface area contributed by atoms with Gasteiger partial charge in [0.05, 0.1) is 11.8 Å². The molecule has 0 aromatic carbocycles. The van der Waals surface area contributed by atoms with Crippen molar-refractivity contribution in [3.63, 3.8) is 0 Å². The second-order valence-electron chi connectivity index (χ2n) is 3.73. The Morgan fingerprint density at radius 1 is 1.53 bits per heavy atom. The van der Waals surface area contributed by atoms with Crippen LogP contribution in [0.1, 0.15) is 0 Å². The number of rotatable bonds is 4. The first-order valence-corrected chi connectivity index (χ1v) is 7.34. The van der Waals surface area contributed by atoms with Gasteiger partial charge in [0.15, 0.2) is 0 Å². The summed E-state index contributed by atoms with van der Waals surface area (Å²) in [4.78, 5) is 20.3. The van der Waals surface area contributed by atoms with Crippen molar-refractivity contribution in [3.05, 3.63) is 28.1 Å². The van der Waals surface area contributed by atoms with Gasteiger partial charge in [0, 0.05) is 12.3 Å². The second-order valence-corrected chi connectivity index (χ2v) is 5.71. The van der Waals surface area contributed by atoms with Gasteiger partial charge in [-0.05, 0) is 11.4 Å². The van der Waals surface area contributed by atoms with E-state index in [9.17, 15) is 4.79 Å². The Hall–Kier alpha value is -1.87. The van der Waals surface area contributed by atoms with E-state index in [0.717, 1.165) is 5.52 Å². The molecule has 0 aliphatic heterocycles. The van der Waals surface area contributed by atoms with Gasteiger partial charge in [0.25, 0.3) is 5.56 Å². The monoisotopic (exact) mass is 294 g/mol. The Morgan fingerprint density at radius 2 is 2.42 bits per heavy atom. The Bertz CT molecular complexity index is 761. The van der Waals surface area contributed by atoms with Gasteiger partial charge < -0.3 is 5.73 Å². The number of fused-ring (bicyclic) bond motifs is 1. The molecular formula is C10H10N6OS2.